The van der Waals surface area contributed by atoms with Gasteiger partial charge in [-0.05, 0) is 12.1 Å². The first-order chi connectivity index (χ1) is 5.72. The van der Waals surface area contributed by atoms with E-state index in [1.54, 1.807) is 24.3 Å². The smallest absolute Gasteiger partial charge is 0.308 e. The number of hydrogen-bond donors (Lipinski definition) is 0. The van der Waals surface area contributed by atoms with E-state index in [9.17, 15) is 9.90 Å². The molecular weight excluding hydrogens is 156 g/mol. The summed E-state index contributed by atoms with van der Waals surface area (Å²) in [5.41, 5.74) is 0.686. The molecule has 0 atom stereocenters. The molecule has 0 aliphatic rings. The lowest BCUT2D eigenvalue weighted by Gasteiger charge is -2.05. The molecule has 0 fully saturated rings. The van der Waals surface area contributed by atoms with Gasteiger partial charge in [-0.3, -0.25) is 4.79 Å². The van der Waals surface area contributed by atoms with Gasteiger partial charge in [-0.1, -0.05) is 17.7 Å². The lowest BCUT2D eigenvalue weighted by atomic mass is 10.2. The quantitative estimate of drug-likeness (QED) is 0.473. The van der Waals surface area contributed by atoms with E-state index in [4.69, 9.17) is 4.74 Å². The zero-order chi connectivity index (χ0) is 8.97. The molecule has 0 aliphatic heterocycles. The fraction of sp³-hybridized carbons (Fsp3) is 0.222. The fourth-order valence-electron chi connectivity index (χ4n) is 0.820. The molecule has 0 saturated heterocycles. The summed E-state index contributed by atoms with van der Waals surface area (Å²) in [5, 5.41) is 10.4. The molecule has 12 heavy (non-hydrogen) atoms. The minimum Gasteiger partial charge on any atom is -0.851 e. The summed E-state index contributed by atoms with van der Waals surface area (Å²) < 4.78 is 4.77. The van der Waals surface area contributed by atoms with Crippen LogP contribution in [-0.4, -0.2) is 5.97 Å². The van der Waals surface area contributed by atoms with Crippen molar-refractivity contribution < 1.29 is 14.6 Å². The van der Waals surface area contributed by atoms with Crippen molar-refractivity contribution in [2.75, 3.05) is 0 Å². The first-order valence-corrected chi connectivity index (χ1v) is 3.58. The number of esters is 1. The molecule has 0 N–H and O–H groups in total. The van der Waals surface area contributed by atoms with Crippen molar-refractivity contribution in [3.8, 4) is 5.75 Å². The normalized spacial score (nSPS) is 9.50. The monoisotopic (exact) mass is 165 g/mol. The van der Waals surface area contributed by atoms with E-state index < -0.39 is 0 Å². The van der Waals surface area contributed by atoms with Crippen molar-refractivity contribution in [1.82, 2.24) is 0 Å². The predicted molar refractivity (Wildman–Crippen MR) is 41.5 cm³/mol. The summed E-state index contributed by atoms with van der Waals surface area (Å²) in [7, 11) is 0. The average Bonchev–Trinajstić information content (AvgIpc) is 2.05. The van der Waals surface area contributed by atoms with Crippen LogP contribution in [-0.2, 0) is 11.4 Å². The Morgan fingerprint density at radius 3 is 2.42 bits per heavy atom. The van der Waals surface area contributed by atoms with Crippen LogP contribution in [0.4, 0.5) is 0 Å². The van der Waals surface area contributed by atoms with E-state index in [0.29, 0.717) is 11.3 Å². The lowest BCUT2D eigenvalue weighted by Crippen LogP contribution is -2.03. The molecule has 0 unspecified atom stereocenters. The van der Waals surface area contributed by atoms with Gasteiger partial charge in [0.1, 0.15) is 5.75 Å². The van der Waals surface area contributed by atoms with Gasteiger partial charge in [-0.15, -0.1) is 6.61 Å². The maximum absolute atomic E-state index is 10.5. The number of carbonyl (C=O) groups excluding carboxylic acids is 1. The second-order valence-electron chi connectivity index (χ2n) is 2.38. The van der Waals surface area contributed by atoms with Crippen molar-refractivity contribution in [2.24, 2.45) is 0 Å². The van der Waals surface area contributed by atoms with Gasteiger partial charge in [0.15, 0.2) is 0 Å². The molecule has 1 aromatic rings. The zero-order valence-electron chi connectivity index (χ0n) is 6.74. The molecule has 0 saturated carbocycles. The maximum atomic E-state index is 10.5. The van der Waals surface area contributed by atoms with Crippen LogP contribution in [0.15, 0.2) is 24.3 Å². The highest BCUT2D eigenvalue weighted by atomic mass is 16.5. The Morgan fingerprint density at radius 1 is 1.42 bits per heavy atom. The molecule has 1 rings (SSSR count). The van der Waals surface area contributed by atoms with Crippen LogP contribution in [0.5, 0.6) is 5.75 Å². The molecule has 0 amide bonds. The Labute approximate surface area is 70.6 Å². The van der Waals surface area contributed by atoms with E-state index in [1.165, 1.54) is 6.92 Å². The Bertz CT molecular complexity index is 264. The molecular formula is C9H9O3-. The topological polar surface area (TPSA) is 49.4 Å². The van der Waals surface area contributed by atoms with Crippen LogP contribution < -0.4 is 9.84 Å². The summed E-state index contributed by atoms with van der Waals surface area (Å²) in [6.45, 7) is 1.09. The highest BCUT2D eigenvalue weighted by Gasteiger charge is 1.95. The van der Waals surface area contributed by atoms with Crippen LogP contribution in [0.3, 0.4) is 0 Å². The van der Waals surface area contributed by atoms with E-state index >= 15 is 0 Å². The van der Waals surface area contributed by atoms with Crippen molar-refractivity contribution in [1.29, 1.82) is 0 Å². The van der Waals surface area contributed by atoms with Crippen molar-refractivity contribution >= 4 is 5.97 Å². The number of ether oxygens (including phenoxy) is 1. The number of rotatable bonds is 2. The second-order valence-corrected chi connectivity index (χ2v) is 2.38. The predicted octanol–water partition coefficient (Wildman–Crippen LogP) is 0.472. The molecule has 3 heteroatoms. The minimum absolute atomic E-state index is 0.250. The van der Waals surface area contributed by atoms with Crippen LogP contribution in [0.1, 0.15) is 12.5 Å². The third-order valence-corrected chi connectivity index (χ3v) is 1.35. The minimum atomic E-state index is -0.357. The van der Waals surface area contributed by atoms with Gasteiger partial charge < -0.3 is 9.84 Å². The zero-order valence-corrected chi connectivity index (χ0v) is 6.74. The largest absolute Gasteiger partial charge is 0.851 e. The Hall–Kier alpha value is -1.35. The third kappa shape index (κ3) is 2.36. The molecule has 0 heterocycles. The van der Waals surface area contributed by atoms with E-state index in [1.807, 2.05) is 0 Å². The third-order valence-electron chi connectivity index (χ3n) is 1.35. The van der Waals surface area contributed by atoms with Crippen LogP contribution >= 0.6 is 0 Å². The van der Waals surface area contributed by atoms with E-state index in [0.717, 1.165) is 0 Å². The first-order valence-electron chi connectivity index (χ1n) is 3.58. The van der Waals surface area contributed by atoms with Crippen LogP contribution in [0, 0.1) is 0 Å². The molecule has 64 valence electrons. The Balaban J connectivity index is 2.71. The van der Waals surface area contributed by atoms with E-state index in [2.05, 4.69) is 0 Å². The molecule has 0 spiro atoms. The van der Waals surface area contributed by atoms with Gasteiger partial charge in [0, 0.05) is 6.92 Å². The molecule has 0 bridgehead atoms. The van der Waals surface area contributed by atoms with Gasteiger partial charge in [-0.2, -0.15) is 0 Å². The van der Waals surface area contributed by atoms with Gasteiger partial charge in [-0.25, -0.2) is 0 Å². The van der Waals surface area contributed by atoms with Crippen molar-refractivity contribution in [3.63, 3.8) is 0 Å². The van der Waals surface area contributed by atoms with Gasteiger partial charge in [0.05, 0.1) is 0 Å². The highest BCUT2D eigenvalue weighted by molar-refractivity contribution is 5.69. The number of hydrogen-bond acceptors (Lipinski definition) is 3. The summed E-state index contributed by atoms with van der Waals surface area (Å²) in [5.74, 6) is 0.115. The van der Waals surface area contributed by atoms with Gasteiger partial charge in [0.2, 0.25) is 0 Å². The summed E-state index contributed by atoms with van der Waals surface area (Å²) in [6, 6.07) is 6.50. The molecule has 0 radical (unpaired) electrons. The number of benzene rings is 1. The summed E-state index contributed by atoms with van der Waals surface area (Å²) in [6.07, 6.45) is 0. The standard InChI is InChI=1S/C9H9O3/c1-7(11)12-9-4-2-8(6-10)3-5-9/h2-5H,6H2,1H3/q-1. The van der Waals surface area contributed by atoms with E-state index in [-0.39, 0.29) is 12.6 Å². The molecule has 3 nitrogen and oxygen atoms in total. The van der Waals surface area contributed by atoms with Crippen LogP contribution in [0.25, 0.3) is 0 Å². The maximum Gasteiger partial charge on any atom is 0.308 e. The lowest BCUT2D eigenvalue weighted by molar-refractivity contribution is -0.386. The Morgan fingerprint density at radius 2 is 2.00 bits per heavy atom. The Kier molecular flexibility index (Phi) is 2.82. The van der Waals surface area contributed by atoms with Crippen molar-refractivity contribution in [3.05, 3.63) is 29.8 Å². The van der Waals surface area contributed by atoms with Crippen LogP contribution in [0.2, 0.25) is 0 Å². The first kappa shape index (κ1) is 8.74. The molecule has 1 aromatic carbocycles. The average molecular weight is 165 g/mol. The van der Waals surface area contributed by atoms with Gasteiger partial charge >= 0.3 is 5.97 Å². The summed E-state index contributed by atoms with van der Waals surface area (Å²) in [4.78, 5) is 10.5. The number of carbonyl (C=O) groups is 1. The molecule has 0 aliphatic carbocycles. The summed E-state index contributed by atoms with van der Waals surface area (Å²) >= 11 is 0. The fourth-order valence-corrected chi connectivity index (χ4v) is 0.820. The van der Waals surface area contributed by atoms with Crippen molar-refractivity contribution in [2.45, 2.75) is 13.5 Å². The SMILES string of the molecule is CC(=O)Oc1ccc(C[O-])cc1. The second kappa shape index (κ2) is 3.88. The highest BCUT2D eigenvalue weighted by Crippen LogP contribution is 2.11. The van der Waals surface area contributed by atoms with Gasteiger partial charge in [0.25, 0.3) is 0 Å². The molecule has 0 aromatic heterocycles.